The van der Waals surface area contributed by atoms with Crippen LogP contribution >= 0.6 is 0 Å². The first-order valence-electron chi connectivity index (χ1n) is 10.2. The highest BCUT2D eigenvalue weighted by Crippen LogP contribution is 2.25. The summed E-state index contributed by atoms with van der Waals surface area (Å²) in [6.45, 7) is 0. The SMILES string of the molecule is NS(=O)(=O)c1ccccc1NC(=O)c1ccc(C#Cc2ccccc2)cc1Nc1ccccn1. The Bertz CT molecular complexity index is 1490. The van der Waals surface area contributed by atoms with Gasteiger partial charge in [-0.1, -0.05) is 48.2 Å². The summed E-state index contributed by atoms with van der Waals surface area (Å²) >= 11 is 0. The van der Waals surface area contributed by atoms with Crippen molar-refractivity contribution in [2.75, 3.05) is 10.6 Å². The van der Waals surface area contributed by atoms with Crippen LogP contribution in [-0.4, -0.2) is 19.3 Å². The van der Waals surface area contributed by atoms with E-state index in [0.29, 0.717) is 17.1 Å². The molecule has 7 nitrogen and oxygen atoms in total. The second kappa shape index (κ2) is 10.0. The number of aromatic nitrogens is 1. The van der Waals surface area contributed by atoms with Gasteiger partial charge in [-0.3, -0.25) is 4.79 Å². The normalized spacial score (nSPS) is 10.6. The number of hydrogen-bond donors (Lipinski definition) is 3. The predicted molar refractivity (Wildman–Crippen MR) is 132 cm³/mol. The molecule has 0 saturated heterocycles. The van der Waals surface area contributed by atoms with Crippen molar-refractivity contribution in [3.8, 4) is 11.8 Å². The topological polar surface area (TPSA) is 114 Å². The van der Waals surface area contributed by atoms with Crippen molar-refractivity contribution in [2.45, 2.75) is 4.90 Å². The first-order chi connectivity index (χ1) is 16.4. The van der Waals surface area contributed by atoms with Crippen LogP contribution in [0.15, 0.2) is 102 Å². The lowest BCUT2D eigenvalue weighted by atomic mass is 10.1. The molecule has 8 heteroatoms. The maximum Gasteiger partial charge on any atom is 0.257 e. The molecule has 0 aliphatic rings. The molecule has 4 aromatic rings. The molecule has 0 spiro atoms. The van der Waals surface area contributed by atoms with Gasteiger partial charge in [-0.25, -0.2) is 18.5 Å². The van der Waals surface area contributed by atoms with E-state index in [1.54, 1.807) is 42.6 Å². The van der Waals surface area contributed by atoms with Gasteiger partial charge in [0.05, 0.1) is 16.9 Å². The van der Waals surface area contributed by atoms with Crippen molar-refractivity contribution in [3.63, 3.8) is 0 Å². The van der Waals surface area contributed by atoms with E-state index in [4.69, 9.17) is 5.14 Å². The zero-order valence-electron chi connectivity index (χ0n) is 17.9. The highest BCUT2D eigenvalue weighted by atomic mass is 32.2. The minimum Gasteiger partial charge on any atom is -0.340 e. The molecule has 0 bridgehead atoms. The van der Waals surface area contributed by atoms with Gasteiger partial charge in [0.2, 0.25) is 10.0 Å². The number of hydrogen-bond acceptors (Lipinski definition) is 5. The number of anilines is 3. The molecule has 0 atom stereocenters. The molecule has 0 aliphatic carbocycles. The van der Waals surface area contributed by atoms with Crippen LogP contribution in [0.2, 0.25) is 0 Å². The number of nitrogens with one attached hydrogen (secondary N) is 2. The lowest BCUT2D eigenvalue weighted by Crippen LogP contribution is -2.19. The lowest BCUT2D eigenvalue weighted by molar-refractivity contribution is 0.102. The molecule has 0 saturated carbocycles. The molecule has 0 aliphatic heterocycles. The number of carbonyl (C=O) groups is 1. The van der Waals surface area contributed by atoms with Crippen LogP contribution in [-0.2, 0) is 10.0 Å². The number of pyridine rings is 1. The number of primary sulfonamides is 1. The molecule has 1 amide bonds. The number of rotatable bonds is 5. The maximum absolute atomic E-state index is 13.2. The number of nitrogens with zero attached hydrogens (tertiary/aromatic N) is 1. The van der Waals surface area contributed by atoms with Crippen molar-refractivity contribution in [1.29, 1.82) is 0 Å². The molecule has 34 heavy (non-hydrogen) atoms. The standard InChI is InChI=1S/C26H20N4O3S/c27-34(32,33)24-11-5-4-10-22(24)30-26(31)21-16-15-20(14-13-19-8-2-1-3-9-19)18-23(21)29-25-12-6-7-17-28-25/h1-12,15-18H,(H,28,29)(H,30,31)(H2,27,32,33). The van der Waals surface area contributed by atoms with E-state index < -0.39 is 15.9 Å². The van der Waals surface area contributed by atoms with Gasteiger partial charge in [-0.15, -0.1) is 0 Å². The Morgan fingerprint density at radius 3 is 2.24 bits per heavy atom. The number of para-hydroxylation sites is 1. The Morgan fingerprint density at radius 1 is 0.794 bits per heavy atom. The van der Waals surface area contributed by atoms with Crippen LogP contribution < -0.4 is 15.8 Å². The van der Waals surface area contributed by atoms with Crippen LogP contribution in [0.25, 0.3) is 0 Å². The molecule has 168 valence electrons. The van der Waals surface area contributed by atoms with E-state index >= 15 is 0 Å². The fourth-order valence-corrected chi connectivity index (χ4v) is 3.87. The smallest absolute Gasteiger partial charge is 0.257 e. The quantitative estimate of drug-likeness (QED) is 0.381. The highest BCUT2D eigenvalue weighted by Gasteiger charge is 2.18. The van der Waals surface area contributed by atoms with E-state index in [1.807, 2.05) is 36.4 Å². The van der Waals surface area contributed by atoms with Crippen LogP contribution in [0.5, 0.6) is 0 Å². The molecular weight excluding hydrogens is 448 g/mol. The van der Waals surface area contributed by atoms with Gasteiger partial charge in [-0.05, 0) is 54.6 Å². The summed E-state index contributed by atoms with van der Waals surface area (Å²) < 4.78 is 23.8. The van der Waals surface area contributed by atoms with Crippen LogP contribution in [0, 0.1) is 11.8 Å². The summed E-state index contributed by atoms with van der Waals surface area (Å²) in [7, 11) is -4.02. The first kappa shape index (κ1) is 22.7. The zero-order valence-corrected chi connectivity index (χ0v) is 18.7. The Kier molecular flexibility index (Phi) is 6.69. The third kappa shape index (κ3) is 5.66. The Balaban J connectivity index is 1.70. The maximum atomic E-state index is 13.2. The van der Waals surface area contributed by atoms with Crippen LogP contribution in [0.1, 0.15) is 21.5 Å². The second-order valence-corrected chi connectivity index (χ2v) is 8.74. The fourth-order valence-electron chi connectivity index (χ4n) is 3.17. The van der Waals surface area contributed by atoms with Crippen molar-refractivity contribution in [2.24, 2.45) is 5.14 Å². The minimum absolute atomic E-state index is 0.0896. The molecular formula is C26H20N4O3S. The monoisotopic (exact) mass is 468 g/mol. The molecule has 4 rings (SSSR count). The summed E-state index contributed by atoms with van der Waals surface area (Å²) in [6, 6.07) is 25.9. The van der Waals surface area contributed by atoms with Crippen LogP contribution in [0.3, 0.4) is 0 Å². The molecule has 0 radical (unpaired) electrons. The second-order valence-electron chi connectivity index (χ2n) is 7.21. The Morgan fingerprint density at radius 2 is 1.50 bits per heavy atom. The predicted octanol–water partition coefficient (Wildman–Crippen LogP) is 4.12. The molecule has 4 N–H and O–H groups in total. The van der Waals surface area contributed by atoms with E-state index in [9.17, 15) is 13.2 Å². The Hall–Kier alpha value is -4.45. The average Bonchev–Trinajstić information content (AvgIpc) is 2.84. The summed E-state index contributed by atoms with van der Waals surface area (Å²) in [5.41, 5.74) is 2.38. The van der Waals surface area contributed by atoms with E-state index in [-0.39, 0.29) is 16.1 Å². The van der Waals surface area contributed by atoms with Crippen molar-refractivity contribution >= 4 is 33.1 Å². The highest BCUT2D eigenvalue weighted by molar-refractivity contribution is 7.89. The van der Waals surface area contributed by atoms with E-state index in [1.165, 1.54) is 18.2 Å². The number of nitrogens with two attached hydrogens (primary N) is 1. The van der Waals surface area contributed by atoms with E-state index in [0.717, 1.165) is 5.56 Å². The Labute approximate surface area is 197 Å². The third-order valence-corrected chi connectivity index (χ3v) is 5.73. The number of carbonyl (C=O) groups excluding carboxylic acids is 1. The van der Waals surface area contributed by atoms with Crippen molar-refractivity contribution in [3.05, 3.63) is 114 Å². The summed E-state index contributed by atoms with van der Waals surface area (Å²) in [5, 5.41) is 11.1. The molecule has 0 unspecified atom stereocenters. The summed E-state index contributed by atoms with van der Waals surface area (Å²) in [4.78, 5) is 17.2. The largest absolute Gasteiger partial charge is 0.340 e. The first-order valence-corrected chi connectivity index (χ1v) is 11.8. The van der Waals surface area contributed by atoms with Gasteiger partial charge in [-0.2, -0.15) is 0 Å². The third-order valence-electron chi connectivity index (χ3n) is 4.76. The van der Waals surface area contributed by atoms with Gasteiger partial charge in [0.1, 0.15) is 10.7 Å². The summed E-state index contributed by atoms with van der Waals surface area (Å²) in [6.07, 6.45) is 1.63. The number of sulfonamides is 1. The van der Waals surface area contributed by atoms with Gasteiger partial charge in [0, 0.05) is 17.3 Å². The molecule has 0 fully saturated rings. The molecule has 1 aromatic heterocycles. The van der Waals surface area contributed by atoms with Gasteiger partial charge in [0.25, 0.3) is 5.91 Å². The minimum atomic E-state index is -4.02. The van der Waals surface area contributed by atoms with Crippen LogP contribution in [0.4, 0.5) is 17.2 Å². The van der Waals surface area contributed by atoms with Gasteiger partial charge < -0.3 is 10.6 Å². The van der Waals surface area contributed by atoms with Crippen molar-refractivity contribution in [1.82, 2.24) is 4.98 Å². The summed E-state index contributed by atoms with van der Waals surface area (Å²) in [5.74, 6) is 6.20. The zero-order chi connectivity index (χ0) is 24.0. The average molecular weight is 469 g/mol. The van der Waals surface area contributed by atoms with Gasteiger partial charge >= 0.3 is 0 Å². The fraction of sp³-hybridized carbons (Fsp3) is 0. The van der Waals surface area contributed by atoms with Crippen molar-refractivity contribution < 1.29 is 13.2 Å². The molecule has 1 heterocycles. The number of benzene rings is 3. The van der Waals surface area contributed by atoms with E-state index in [2.05, 4.69) is 27.5 Å². The number of amides is 1. The van der Waals surface area contributed by atoms with Gasteiger partial charge in [0.15, 0.2) is 0 Å². The lowest BCUT2D eigenvalue weighted by Gasteiger charge is -2.14. The molecule has 3 aromatic carbocycles.